The Morgan fingerprint density at radius 1 is 1.00 bits per heavy atom. The molecule has 1 N–H and O–H groups in total. The second-order valence-corrected chi connectivity index (χ2v) is 12.6. The molecular formula is C30H34N4O2S. The maximum atomic E-state index is 12.9. The van der Waals surface area contributed by atoms with Gasteiger partial charge in [0.1, 0.15) is 5.75 Å². The van der Waals surface area contributed by atoms with Gasteiger partial charge in [0.05, 0.1) is 22.4 Å². The molecule has 1 amide bonds. The van der Waals surface area contributed by atoms with E-state index in [1.165, 1.54) is 19.3 Å². The smallest absolute Gasteiger partial charge is 0.265 e. The number of hydrogen-bond donors (Lipinski definition) is 1. The molecule has 2 aliphatic carbocycles. The third-order valence-electron chi connectivity index (χ3n) is 8.13. The average Bonchev–Trinajstić information content (AvgIpc) is 3.11. The molecule has 37 heavy (non-hydrogen) atoms. The zero-order valence-corrected chi connectivity index (χ0v) is 22.7. The number of nitrogens with one attached hydrogen (secondary N) is 1. The molecule has 1 aliphatic heterocycles. The molecule has 1 saturated carbocycles. The first kappa shape index (κ1) is 24.3. The molecule has 192 valence electrons. The molecular weight excluding hydrogens is 480 g/mol. The number of anilines is 1. The largest absolute Gasteiger partial charge is 0.432 e. The number of aromatic nitrogens is 2. The minimum atomic E-state index is -0.178. The van der Waals surface area contributed by atoms with E-state index in [1.54, 1.807) is 12.1 Å². The van der Waals surface area contributed by atoms with Crippen molar-refractivity contribution >= 4 is 40.0 Å². The van der Waals surface area contributed by atoms with Gasteiger partial charge in [0, 0.05) is 23.8 Å². The molecule has 3 aliphatic rings. The third-order valence-corrected chi connectivity index (χ3v) is 8.44. The molecule has 3 aromatic rings. The fraction of sp³-hybridized carbons (Fsp3) is 0.467. The van der Waals surface area contributed by atoms with Gasteiger partial charge in [-0.25, -0.2) is 9.97 Å². The highest BCUT2D eigenvalue weighted by Crippen LogP contribution is 2.52. The maximum absolute atomic E-state index is 12.9. The summed E-state index contributed by atoms with van der Waals surface area (Å²) in [7, 11) is 0. The Morgan fingerprint density at radius 3 is 2.43 bits per heavy atom. The summed E-state index contributed by atoms with van der Waals surface area (Å²) in [4.78, 5) is 24.8. The van der Waals surface area contributed by atoms with Crippen LogP contribution in [0, 0.1) is 10.8 Å². The number of aryl methyl sites for hydroxylation is 2. The lowest BCUT2D eigenvalue weighted by atomic mass is 9.65. The van der Waals surface area contributed by atoms with Gasteiger partial charge in [-0.2, -0.15) is 0 Å². The van der Waals surface area contributed by atoms with Crippen LogP contribution in [-0.4, -0.2) is 38.5 Å². The van der Waals surface area contributed by atoms with Crippen LogP contribution >= 0.6 is 12.2 Å². The Balaban J connectivity index is 1.11. The molecule has 0 unspecified atom stereocenters. The minimum Gasteiger partial charge on any atom is -0.432 e. The number of likely N-dealkylation sites (tertiary alicyclic amines) is 1. The lowest BCUT2D eigenvalue weighted by Gasteiger charge is -2.39. The standard InChI is InChI=1S/C30H34N4O2S/c1-29(2)15-21-16-30(3,17-29)18-34(21)28(37)36-22-11-8-19(9-12-22)27(35)31-20-10-13-25-26(14-20)33-24-7-5-4-6-23(24)32-25/h8-14,21H,4-7,15-18H2,1-3H3,(H,31,35)/t21-,30+/m0/s1. The Labute approximate surface area is 223 Å². The van der Waals surface area contributed by atoms with Crippen molar-refractivity contribution in [1.82, 2.24) is 14.9 Å². The highest BCUT2D eigenvalue weighted by Gasteiger charge is 2.50. The average molecular weight is 515 g/mol. The Kier molecular flexibility index (Phi) is 5.94. The van der Waals surface area contributed by atoms with Gasteiger partial charge in [-0.3, -0.25) is 4.79 Å². The van der Waals surface area contributed by atoms with Crippen LogP contribution in [0.1, 0.15) is 74.6 Å². The molecule has 6 nitrogen and oxygen atoms in total. The van der Waals surface area contributed by atoms with Crippen molar-refractivity contribution in [2.75, 3.05) is 11.9 Å². The molecule has 0 radical (unpaired) electrons. The third kappa shape index (κ3) is 4.93. The zero-order valence-electron chi connectivity index (χ0n) is 21.8. The highest BCUT2D eigenvalue weighted by atomic mass is 32.1. The first-order chi connectivity index (χ1) is 17.7. The van der Waals surface area contributed by atoms with E-state index >= 15 is 0 Å². The molecule has 2 atom stereocenters. The van der Waals surface area contributed by atoms with Crippen molar-refractivity contribution in [3.63, 3.8) is 0 Å². The van der Waals surface area contributed by atoms with Crippen LogP contribution in [0.15, 0.2) is 42.5 Å². The van der Waals surface area contributed by atoms with Crippen LogP contribution in [0.3, 0.4) is 0 Å². The van der Waals surface area contributed by atoms with E-state index in [1.807, 2.05) is 30.3 Å². The summed E-state index contributed by atoms with van der Waals surface area (Å²) >= 11 is 5.70. The summed E-state index contributed by atoms with van der Waals surface area (Å²) in [5.41, 5.74) is 5.77. The quantitative estimate of drug-likeness (QED) is 0.412. The van der Waals surface area contributed by atoms with Gasteiger partial charge in [-0.15, -0.1) is 0 Å². The molecule has 1 saturated heterocycles. The van der Waals surface area contributed by atoms with Gasteiger partial charge in [0.25, 0.3) is 11.1 Å². The van der Waals surface area contributed by atoms with E-state index in [2.05, 4.69) is 31.0 Å². The maximum Gasteiger partial charge on any atom is 0.265 e. The normalized spacial score (nSPS) is 24.0. The highest BCUT2D eigenvalue weighted by molar-refractivity contribution is 7.80. The predicted octanol–water partition coefficient (Wildman–Crippen LogP) is 6.33. The van der Waals surface area contributed by atoms with Gasteiger partial charge in [-0.1, -0.05) is 20.8 Å². The molecule has 1 aromatic heterocycles. The van der Waals surface area contributed by atoms with Crippen LogP contribution in [0.4, 0.5) is 5.69 Å². The molecule has 0 spiro atoms. The monoisotopic (exact) mass is 514 g/mol. The van der Waals surface area contributed by atoms with Gasteiger partial charge >= 0.3 is 0 Å². The fourth-order valence-corrected chi connectivity index (χ4v) is 7.21. The molecule has 7 heteroatoms. The number of ether oxygens (including phenoxy) is 1. The van der Waals surface area contributed by atoms with Crippen molar-refractivity contribution in [2.45, 2.75) is 71.8 Å². The number of amides is 1. The Hall–Kier alpha value is -3.06. The van der Waals surface area contributed by atoms with Crippen molar-refractivity contribution in [1.29, 1.82) is 0 Å². The summed E-state index contributed by atoms with van der Waals surface area (Å²) in [5, 5.41) is 3.52. The van der Waals surface area contributed by atoms with E-state index in [0.29, 0.717) is 33.6 Å². The summed E-state index contributed by atoms with van der Waals surface area (Å²) in [5.74, 6) is 0.473. The minimum absolute atomic E-state index is 0.178. The van der Waals surface area contributed by atoms with Gasteiger partial charge < -0.3 is 15.0 Å². The number of hydrogen-bond acceptors (Lipinski definition) is 5. The lowest BCUT2D eigenvalue weighted by Crippen LogP contribution is -2.39. The summed E-state index contributed by atoms with van der Waals surface area (Å²) in [6.07, 6.45) is 7.82. The van der Waals surface area contributed by atoms with Crippen LogP contribution in [-0.2, 0) is 12.8 Å². The van der Waals surface area contributed by atoms with E-state index in [9.17, 15) is 4.79 Å². The number of fused-ring (bicyclic) bond motifs is 4. The molecule has 2 aromatic carbocycles. The lowest BCUT2D eigenvalue weighted by molar-refractivity contribution is 0.102. The SMILES string of the molecule is CC1(C)C[C@H]2C[C@@](C)(CN2C(=S)Oc2ccc(C(=O)Nc3ccc4nc5c(nc4c3)CCCC5)cc2)C1. The molecule has 2 heterocycles. The summed E-state index contributed by atoms with van der Waals surface area (Å²) < 4.78 is 6.08. The Bertz CT molecular complexity index is 1390. The molecule has 6 rings (SSSR count). The fourth-order valence-electron chi connectivity index (χ4n) is 6.90. The number of carbonyl (C=O) groups is 1. The first-order valence-corrected chi connectivity index (χ1v) is 13.8. The van der Waals surface area contributed by atoms with Crippen molar-refractivity contribution in [3.05, 3.63) is 59.4 Å². The van der Waals surface area contributed by atoms with Crippen molar-refractivity contribution in [3.8, 4) is 5.75 Å². The number of nitrogens with zero attached hydrogens (tertiary/aromatic N) is 3. The number of thiocarbonyl (C=S) groups is 1. The predicted molar refractivity (Wildman–Crippen MR) is 150 cm³/mol. The Morgan fingerprint density at radius 2 is 1.70 bits per heavy atom. The van der Waals surface area contributed by atoms with E-state index in [4.69, 9.17) is 26.9 Å². The number of carbonyl (C=O) groups excluding carboxylic acids is 1. The van der Waals surface area contributed by atoms with Gasteiger partial charge in [-0.05, 0) is 110 Å². The van der Waals surface area contributed by atoms with Crippen LogP contribution in [0.25, 0.3) is 11.0 Å². The van der Waals surface area contributed by atoms with Crippen LogP contribution in [0.5, 0.6) is 5.75 Å². The molecule has 2 fully saturated rings. The van der Waals surface area contributed by atoms with Gasteiger partial charge in [0.2, 0.25) is 0 Å². The topological polar surface area (TPSA) is 67.3 Å². The van der Waals surface area contributed by atoms with E-state index in [0.717, 1.165) is 54.6 Å². The van der Waals surface area contributed by atoms with Crippen molar-refractivity contribution < 1.29 is 9.53 Å². The second-order valence-electron chi connectivity index (χ2n) is 12.2. The second kappa shape index (κ2) is 9.05. The number of rotatable bonds is 3. The zero-order chi connectivity index (χ0) is 25.8. The van der Waals surface area contributed by atoms with Crippen molar-refractivity contribution in [2.24, 2.45) is 10.8 Å². The van der Waals surface area contributed by atoms with Gasteiger partial charge in [0.15, 0.2) is 0 Å². The van der Waals surface area contributed by atoms with E-state index in [-0.39, 0.29) is 11.3 Å². The van der Waals surface area contributed by atoms with Crippen LogP contribution in [0.2, 0.25) is 0 Å². The molecule has 2 bridgehead atoms. The first-order valence-electron chi connectivity index (χ1n) is 13.4. The van der Waals surface area contributed by atoms with E-state index < -0.39 is 0 Å². The summed E-state index contributed by atoms with van der Waals surface area (Å²) in [6, 6.07) is 13.3. The summed E-state index contributed by atoms with van der Waals surface area (Å²) in [6.45, 7) is 8.02. The van der Waals surface area contributed by atoms with Crippen LogP contribution < -0.4 is 10.1 Å². The number of benzene rings is 2.